The Hall–Kier alpha value is -1.10. The Labute approximate surface area is 102 Å². The van der Waals surface area contributed by atoms with Crippen molar-refractivity contribution in [2.45, 2.75) is 17.7 Å². The van der Waals surface area contributed by atoms with Gasteiger partial charge in [0.25, 0.3) is 5.91 Å². The third-order valence-electron chi connectivity index (χ3n) is 2.71. The number of nitrogens with zero attached hydrogens (tertiary/aromatic N) is 1. The Kier molecular flexibility index (Phi) is 3.43. The number of piperidine rings is 1. The molecule has 0 bridgehead atoms. The lowest BCUT2D eigenvalue weighted by atomic mass is 10.1. The minimum atomic E-state index is -0.235. The number of rotatable bonds is 1. The molecule has 1 amide bonds. The molecule has 0 saturated carbocycles. The zero-order chi connectivity index (χ0) is 11.5. The Morgan fingerprint density at radius 3 is 2.69 bits per heavy atom. The Morgan fingerprint density at radius 1 is 1.38 bits per heavy atom. The molecule has 0 radical (unpaired) electrons. The van der Waals surface area contributed by atoms with Crippen molar-refractivity contribution in [3.63, 3.8) is 0 Å². The molecule has 1 saturated heterocycles. The predicted octanol–water partition coefficient (Wildman–Crippen LogP) is 1.37. The quantitative estimate of drug-likeness (QED) is 0.792. The first kappa shape index (κ1) is 11.4. The van der Waals surface area contributed by atoms with Gasteiger partial charge in [-0.3, -0.25) is 9.59 Å². The highest BCUT2D eigenvalue weighted by Gasteiger charge is 2.22. The van der Waals surface area contributed by atoms with Crippen LogP contribution >= 0.6 is 15.9 Å². The van der Waals surface area contributed by atoms with Gasteiger partial charge >= 0.3 is 0 Å². The highest BCUT2D eigenvalue weighted by atomic mass is 79.9. The molecule has 0 aliphatic carbocycles. The van der Waals surface area contributed by atoms with Gasteiger partial charge in [-0.25, -0.2) is 0 Å². The van der Waals surface area contributed by atoms with Crippen LogP contribution in [0.2, 0.25) is 0 Å². The van der Waals surface area contributed by atoms with E-state index in [1.165, 1.54) is 6.07 Å². The highest BCUT2D eigenvalue weighted by molar-refractivity contribution is 9.09. The maximum atomic E-state index is 12.0. The van der Waals surface area contributed by atoms with Crippen molar-refractivity contribution in [1.29, 1.82) is 0 Å². The molecule has 1 N–H and O–H groups in total. The van der Waals surface area contributed by atoms with Crippen LogP contribution in [0, 0.1) is 0 Å². The van der Waals surface area contributed by atoms with Crippen LogP contribution in [0.15, 0.2) is 23.0 Å². The summed E-state index contributed by atoms with van der Waals surface area (Å²) in [6, 6.07) is 4.65. The Balaban J connectivity index is 2.10. The number of nitrogens with one attached hydrogen (secondary N) is 1. The molecule has 86 valence electrons. The van der Waals surface area contributed by atoms with E-state index < -0.39 is 0 Å². The zero-order valence-corrected chi connectivity index (χ0v) is 10.4. The summed E-state index contributed by atoms with van der Waals surface area (Å²) in [6.07, 6.45) is 1.92. The van der Waals surface area contributed by atoms with E-state index in [2.05, 4.69) is 20.9 Å². The number of alkyl halides is 1. The lowest BCUT2D eigenvalue weighted by Crippen LogP contribution is -2.39. The third-order valence-corrected chi connectivity index (χ3v) is 3.63. The van der Waals surface area contributed by atoms with Gasteiger partial charge in [0.05, 0.1) is 0 Å². The second-order valence-electron chi connectivity index (χ2n) is 3.90. The number of aromatic nitrogens is 1. The molecule has 16 heavy (non-hydrogen) atoms. The summed E-state index contributed by atoms with van der Waals surface area (Å²) in [6.45, 7) is 1.48. The lowest BCUT2D eigenvalue weighted by molar-refractivity contribution is 0.0722. The van der Waals surface area contributed by atoms with Crippen molar-refractivity contribution in [1.82, 2.24) is 9.88 Å². The van der Waals surface area contributed by atoms with E-state index in [1.807, 2.05) is 0 Å². The van der Waals surface area contributed by atoms with Gasteiger partial charge < -0.3 is 9.88 Å². The Bertz CT molecular complexity index is 436. The monoisotopic (exact) mass is 284 g/mol. The van der Waals surface area contributed by atoms with Gasteiger partial charge in [-0.15, -0.1) is 0 Å². The van der Waals surface area contributed by atoms with E-state index in [9.17, 15) is 9.59 Å². The van der Waals surface area contributed by atoms with Crippen molar-refractivity contribution in [3.8, 4) is 0 Å². The maximum absolute atomic E-state index is 12.0. The van der Waals surface area contributed by atoms with Crippen LogP contribution in [0.1, 0.15) is 23.3 Å². The second kappa shape index (κ2) is 4.82. The number of carbonyl (C=O) groups is 1. The first-order valence-corrected chi connectivity index (χ1v) is 6.21. The molecule has 1 aliphatic rings. The first-order chi connectivity index (χ1) is 7.66. The van der Waals surface area contributed by atoms with Gasteiger partial charge in [0, 0.05) is 24.0 Å². The van der Waals surface area contributed by atoms with Crippen LogP contribution < -0.4 is 5.56 Å². The SMILES string of the molecule is O=C(c1cccc(=O)[nH]1)N1CCC(Br)CC1. The highest BCUT2D eigenvalue weighted by Crippen LogP contribution is 2.18. The minimum absolute atomic E-state index is 0.0860. The van der Waals surface area contributed by atoms with Gasteiger partial charge in [0.15, 0.2) is 0 Å². The molecule has 1 aromatic heterocycles. The fraction of sp³-hybridized carbons (Fsp3) is 0.455. The van der Waals surface area contributed by atoms with Crippen molar-refractivity contribution in [3.05, 3.63) is 34.2 Å². The summed E-state index contributed by atoms with van der Waals surface area (Å²) in [5.41, 5.74) is 0.141. The number of amides is 1. The average Bonchev–Trinajstić information content (AvgIpc) is 2.29. The van der Waals surface area contributed by atoms with Gasteiger partial charge in [0.1, 0.15) is 5.69 Å². The van der Waals surface area contributed by atoms with Crippen LogP contribution in [-0.4, -0.2) is 33.7 Å². The number of hydrogen-bond acceptors (Lipinski definition) is 2. The first-order valence-electron chi connectivity index (χ1n) is 5.29. The van der Waals surface area contributed by atoms with Gasteiger partial charge in [-0.05, 0) is 18.9 Å². The van der Waals surface area contributed by atoms with Crippen LogP contribution in [0.5, 0.6) is 0 Å². The van der Waals surface area contributed by atoms with Crippen LogP contribution in [0.4, 0.5) is 0 Å². The van der Waals surface area contributed by atoms with Crippen molar-refractivity contribution in [2.75, 3.05) is 13.1 Å². The van der Waals surface area contributed by atoms with Crippen molar-refractivity contribution in [2.24, 2.45) is 0 Å². The number of likely N-dealkylation sites (tertiary alicyclic amines) is 1. The molecule has 2 rings (SSSR count). The summed E-state index contributed by atoms with van der Waals surface area (Å²) in [7, 11) is 0. The van der Waals surface area contributed by atoms with Gasteiger partial charge in [-0.2, -0.15) is 0 Å². The molecule has 2 heterocycles. The largest absolute Gasteiger partial charge is 0.337 e. The maximum Gasteiger partial charge on any atom is 0.270 e. The predicted molar refractivity (Wildman–Crippen MR) is 64.9 cm³/mol. The fourth-order valence-corrected chi connectivity index (χ4v) is 2.20. The molecule has 1 aromatic rings. The zero-order valence-electron chi connectivity index (χ0n) is 8.78. The molecule has 0 spiro atoms. The lowest BCUT2D eigenvalue weighted by Gasteiger charge is -2.29. The molecule has 1 aliphatic heterocycles. The molecule has 0 aromatic carbocycles. The molecular formula is C11H13BrN2O2. The average molecular weight is 285 g/mol. The number of halogens is 1. The number of pyridine rings is 1. The smallest absolute Gasteiger partial charge is 0.270 e. The second-order valence-corrected chi connectivity index (χ2v) is 5.19. The summed E-state index contributed by atoms with van der Waals surface area (Å²) in [5, 5.41) is 0. The van der Waals surface area contributed by atoms with Crippen molar-refractivity contribution < 1.29 is 4.79 Å². The summed E-state index contributed by atoms with van der Waals surface area (Å²) in [4.78, 5) is 27.9. The van der Waals surface area contributed by atoms with E-state index in [4.69, 9.17) is 0 Å². The fourth-order valence-electron chi connectivity index (χ4n) is 1.79. The molecular weight excluding hydrogens is 272 g/mol. The van der Waals surface area contributed by atoms with E-state index in [0.717, 1.165) is 25.9 Å². The molecule has 4 nitrogen and oxygen atoms in total. The van der Waals surface area contributed by atoms with Crippen molar-refractivity contribution >= 4 is 21.8 Å². The Morgan fingerprint density at radius 2 is 2.06 bits per heavy atom. The summed E-state index contributed by atoms with van der Waals surface area (Å²) < 4.78 is 0. The van der Waals surface area contributed by atoms with E-state index in [-0.39, 0.29) is 11.5 Å². The standard InChI is InChI=1S/C11H13BrN2O2/c12-8-4-6-14(7-5-8)11(16)9-2-1-3-10(15)13-9/h1-3,8H,4-7H2,(H,13,15). The summed E-state index contributed by atoms with van der Waals surface area (Å²) in [5.74, 6) is -0.0860. The molecule has 5 heteroatoms. The number of H-pyrrole nitrogens is 1. The molecule has 1 fully saturated rings. The van der Waals surface area contributed by atoms with Crippen LogP contribution in [0.25, 0.3) is 0 Å². The van der Waals surface area contributed by atoms with E-state index in [1.54, 1.807) is 17.0 Å². The number of aromatic amines is 1. The normalized spacial score (nSPS) is 17.4. The topological polar surface area (TPSA) is 53.2 Å². The minimum Gasteiger partial charge on any atom is -0.337 e. The van der Waals surface area contributed by atoms with Gasteiger partial charge in [0.2, 0.25) is 5.56 Å². The van der Waals surface area contributed by atoms with E-state index in [0.29, 0.717) is 10.5 Å². The number of carbonyl (C=O) groups excluding carboxylic acids is 1. The molecule has 0 atom stereocenters. The van der Waals surface area contributed by atoms with Crippen LogP contribution in [0.3, 0.4) is 0 Å². The summed E-state index contributed by atoms with van der Waals surface area (Å²) >= 11 is 3.54. The number of hydrogen-bond donors (Lipinski definition) is 1. The molecule has 0 unspecified atom stereocenters. The van der Waals surface area contributed by atoms with Gasteiger partial charge in [-0.1, -0.05) is 22.0 Å². The van der Waals surface area contributed by atoms with E-state index >= 15 is 0 Å². The van der Waals surface area contributed by atoms with Crippen LogP contribution in [-0.2, 0) is 0 Å². The third kappa shape index (κ3) is 2.52.